The predicted molar refractivity (Wildman–Crippen MR) is 65.7 cm³/mol. The van der Waals surface area contributed by atoms with Crippen LogP contribution in [0.2, 0.25) is 5.02 Å². The monoisotopic (exact) mass is 254 g/mol. The first-order valence-electron chi connectivity index (χ1n) is 5.84. The highest BCUT2D eigenvalue weighted by atomic mass is 35.5. The topological polar surface area (TPSA) is 33.7 Å². The summed E-state index contributed by atoms with van der Waals surface area (Å²) in [5.74, 6) is 1.44. The van der Waals surface area contributed by atoms with Crippen molar-refractivity contribution in [1.82, 2.24) is 10.2 Å². The standard InChI is InChI=1S/C12H15ClN2O2/c13-10-5-9(6-11-12(10)17-8-16-11)7-15-3-1-14-2-4-15/h5-6,14H,1-4,7-8H2. The fourth-order valence-electron chi connectivity index (χ4n) is 2.24. The van der Waals surface area contributed by atoms with Crippen molar-refractivity contribution < 1.29 is 9.47 Å². The van der Waals surface area contributed by atoms with Gasteiger partial charge in [0.1, 0.15) is 0 Å². The highest BCUT2D eigenvalue weighted by Gasteiger charge is 2.19. The molecule has 0 unspecified atom stereocenters. The Hall–Kier alpha value is -0.970. The first-order chi connectivity index (χ1) is 8.33. The largest absolute Gasteiger partial charge is 0.454 e. The number of nitrogens with one attached hydrogen (secondary N) is 1. The molecule has 5 heteroatoms. The summed E-state index contributed by atoms with van der Waals surface area (Å²) in [7, 11) is 0. The van der Waals surface area contributed by atoms with Crippen molar-refractivity contribution in [3.8, 4) is 11.5 Å². The van der Waals surface area contributed by atoms with Crippen LogP contribution in [0.4, 0.5) is 0 Å². The van der Waals surface area contributed by atoms with Crippen molar-refractivity contribution in [1.29, 1.82) is 0 Å². The maximum absolute atomic E-state index is 6.16. The van der Waals surface area contributed by atoms with Gasteiger partial charge in [-0.05, 0) is 17.7 Å². The first kappa shape index (κ1) is 11.1. The molecule has 0 aromatic heterocycles. The molecule has 17 heavy (non-hydrogen) atoms. The molecule has 0 spiro atoms. The van der Waals surface area contributed by atoms with Gasteiger partial charge in [-0.15, -0.1) is 0 Å². The number of hydrogen-bond donors (Lipinski definition) is 1. The lowest BCUT2D eigenvalue weighted by Gasteiger charge is -2.27. The molecule has 92 valence electrons. The maximum Gasteiger partial charge on any atom is 0.231 e. The molecule has 3 rings (SSSR count). The summed E-state index contributed by atoms with van der Waals surface area (Å²) in [5.41, 5.74) is 1.18. The van der Waals surface area contributed by atoms with Gasteiger partial charge in [-0.25, -0.2) is 0 Å². The summed E-state index contributed by atoms with van der Waals surface area (Å²) >= 11 is 6.16. The highest BCUT2D eigenvalue weighted by molar-refractivity contribution is 6.32. The summed E-state index contributed by atoms with van der Waals surface area (Å²) in [4.78, 5) is 2.41. The van der Waals surface area contributed by atoms with E-state index < -0.39 is 0 Å². The zero-order chi connectivity index (χ0) is 11.7. The predicted octanol–water partition coefficient (Wildman–Crippen LogP) is 1.47. The number of hydrogen-bond acceptors (Lipinski definition) is 4. The Morgan fingerprint density at radius 3 is 2.88 bits per heavy atom. The van der Waals surface area contributed by atoms with Crippen molar-refractivity contribution in [2.24, 2.45) is 0 Å². The minimum absolute atomic E-state index is 0.270. The first-order valence-corrected chi connectivity index (χ1v) is 6.22. The van der Waals surface area contributed by atoms with Gasteiger partial charge in [0.2, 0.25) is 6.79 Å². The van der Waals surface area contributed by atoms with Gasteiger partial charge in [-0.1, -0.05) is 11.6 Å². The van der Waals surface area contributed by atoms with E-state index in [1.807, 2.05) is 12.1 Å². The minimum Gasteiger partial charge on any atom is -0.454 e. The van der Waals surface area contributed by atoms with Crippen LogP contribution in [0.5, 0.6) is 11.5 Å². The van der Waals surface area contributed by atoms with Crippen LogP contribution in [0.3, 0.4) is 0 Å². The van der Waals surface area contributed by atoms with E-state index >= 15 is 0 Å². The molecular formula is C12H15ClN2O2. The third-order valence-corrected chi connectivity index (χ3v) is 3.38. The molecule has 1 aromatic carbocycles. The molecule has 0 radical (unpaired) electrons. The summed E-state index contributed by atoms with van der Waals surface area (Å²) in [6.07, 6.45) is 0. The van der Waals surface area contributed by atoms with Crippen LogP contribution in [0.1, 0.15) is 5.56 Å². The zero-order valence-electron chi connectivity index (χ0n) is 9.54. The van der Waals surface area contributed by atoms with E-state index in [1.165, 1.54) is 5.56 Å². The number of nitrogens with zero attached hydrogens (tertiary/aromatic N) is 1. The van der Waals surface area contributed by atoms with Gasteiger partial charge < -0.3 is 14.8 Å². The second-order valence-electron chi connectivity index (χ2n) is 4.34. The summed E-state index contributed by atoms with van der Waals surface area (Å²) in [6.45, 7) is 5.44. The Kier molecular flexibility index (Phi) is 3.09. The van der Waals surface area contributed by atoms with Crippen LogP contribution < -0.4 is 14.8 Å². The quantitative estimate of drug-likeness (QED) is 0.867. The molecule has 0 atom stereocenters. The van der Waals surface area contributed by atoms with Gasteiger partial charge in [0.25, 0.3) is 0 Å². The van der Waals surface area contributed by atoms with Gasteiger partial charge >= 0.3 is 0 Å². The number of fused-ring (bicyclic) bond motifs is 1. The number of ether oxygens (including phenoxy) is 2. The Balaban J connectivity index is 1.76. The molecule has 0 bridgehead atoms. The molecule has 2 heterocycles. The van der Waals surface area contributed by atoms with Crippen LogP contribution in [-0.4, -0.2) is 37.9 Å². The van der Waals surface area contributed by atoms with Gasteiger partial charge in [0, 0.05) is 32.7 Å². The van der Waals surface area contributed by atoms with Crippen molar-refractivity contribution in [2.45, 2.75) is 6.54 Å². The summed E-state index contributed by atoms with van der Waals surface area (Å²) < 4.78 is 10.7. The Morgan fingerprint density at radius 2 is 2.06 bits per heavy atom. The lowest BCUT2D eigenvalue weighted by atomic mass is 10.1. The number of halogens is 1. The Labute approximate surface area is 105 Å². The van der Waals surface area contributed by atoms with Gasteiger partial charge in [0.05, 0.1) is 5.02 Å². The highest BCUT2D eigenvalue weighted by Crippen LogP contribution is 2.39. The smallest absolute Gasteiger partial charge is 0.231 e. The molecule has 2 aliphatic rings. The van der Waals surface area contributed by atoms with Gasteiger partial charge in [0.15, 0.2) is 11.5 Å². The van der Waals surface area contributed by atoms with E-state index in [1.54, 1.807) is 0 Å². The summed E-state index contributed by atoms with van der Waals surface area (Å²) in [5, 5.41) is 3.98. The van der Waals surface area contributed by atoms with Crippen molar-refractivity contribution in [3.63, 3.8) is 0 Å². The molecule has 1 fully saturated rings. The van der Waals surface area contributed by atoms with Gasteiger partial charge in [-0.3, -0.25) is 4.90 Å². The summed E-state index contributed by atoms with van der Waals surface area (Å²) in [6, 6.07) is 3.99. The number of rotatable bonds is 2. The van der Waals surface area contributed by atoms with Crippen LogP contribution in [0.15, 0.2) is 12.1 Å². The minimum atomic E-state index is 0.270. The van der Waals surface area contributed by atoms with E-state index in [-0.39, 0.29) is 6.79 Å². The van der Waals surface area contributed by atoms with Crippen LogP contribution in [0, 0.1) is 0 Å². The van der Waals surface area contributed by atoms with E-state index in [0.717, 1.165) is 38.5 Å². The zero-order valence-corrected chi connectivity index (χ0v) is 10.3. The Morgan fingerprint density at radius 1 is 1.24 bits per heavy atom. The molecule has 1 aromatic rings. The van der Waals surface area contributed by atoms with Crippen molar-refractivity contribution >= 4 is 11.6 Å². The van der Waals surface area contributed by atoms with E-state index in [9.17, 15) is 0 Å². The normalized spacial score (nSPS) is 19.6. The third-order valence-electron chi connectivity index (χ3n) is 3.10. The molecule has 1 saturated heterocycles. The van der Waals surface area contributed by atoms with Crippen LogP contribution in [-0.2, 0) is 6.54 Å². The molecular weight excluding hydrogens is 240 g/mol. The molecule has 1 N–H and O–H groups in total. The maximum atomic E-state index is 6.16. The molecule has 0 amide bonds. The van der Waals surface area contributed by atoms with Crippen molar-refractivity contribution in [2.75, 3.05) is 33.0 Å². The lowest BCUT2D eigenvalue weighted by molar-refractivity contribution is 0.174. The molecule has 4 nitrogen and oxygen atoms in total. The average molecular weight is 255 g/mol. The molecule has 2 aliphatic heterocycles. The van der Waals surface area contributed by atoms with Gasteiger partial charge in [-0.2, -0.15) is 0 Å². The second-order valence-corrected chi connectivity index (χ2v) is 4.74. The lowest BCUT2D eigenvalue weighted by Crippen LogP contribution is -2.42. The van der Waals surface area contributed by atoms with Crippen LogP contribution >= 0.6 is 11.6 Å². The fourth-order valence-corrected chi connectivity index (χ4v) is 2.53. The molecule has 0 saturated carbocycles. The molecule has 0 aliphatic carbocycles. The SMILES string of the molecule is Clc1cc(CN2CCNCC2)cc2c1OCO2. The van der Waals surface area contributed by atoms with E-state index in [4.69, 9.17) is 21.1 Å². The number of benzene rings is 1. The second kappa shape index (κ2) is 4.72. The van der Waals surface area contributed by atoms with E-state index in [2.05, 4.69) is 10.2 Å². The fraction of sp³-hybridized carbons (Fsp3) is 0.500. The van der Waals surface area contributed by atoms with E-state index in [0.29, 0.717) is 10.8 Å². The Bertz CT molecular complexity index is 419. The average Bonchev–Trinajstić information content (AvgIpc) is 2.79. The third kappa shape index (κ3) is 2.34. The number of piperazine rings is 1. The van der Waals surface area contributed by atoms with Crippen LogP contribution in [0.25, 0.3) is 0 Å². The van der Waals surface area contributed by atoms with Crippen molar-refractivity contribution in [3.05, 3.63) is 22.7 Å².